The van der Waals surface area contributed by atoms with Crippen LogP contribution in [-0.2, 0) is 11.2 Å². The smallest absolute Gasteiger partial charge is 0.313 e. The van der Waals surface area contributed by atoms with Gasteiger partial charge in [0.1, 0.15) is 5.75 Å². The van der Waals surface area contributed by atoms with Crippen LogP contribution in [0.15, 0.2) is 29.2 Å². The topological polar surface area (TPSA) is 57.5 Å². The van der Waals surface area contributed by atoms with Gasteiger partial charge in [0.25, 0.3) is 0 Å². The van der Waals surface area contributed by atoms with Crippen molar-refractivity contribution in [1.82, 2.24) is 0 Å². The van der Waals surface area contributed by atoms with E-state index in [-0.39, 0.29) is 32.4 Å². The van der Waals surface area contributed by atoms with Gasteiger partial charge in [-0.15, -0.1) is 11.8 Å². The second kappa shape index (κ2) is 8.30. The number of phenolic OH excluding ortho intramolecular Hbond substituents is 1. The van der Waals surface area contributed by atoms with Gasteiger partial charge in [-0.05, 0) is 34.7 Å². The summed E-state index contributed by atoms with van der Waals surface area (Å²) in [6.07, 6.45) is 0.304. The number of aromatic hydroxyl groups is 1. The molecule has 2 aromatic rings. The Bertz CT molecular complexity index is 809. The number of hydrogen-bond donors (Lipinski definition) is 2. The summed E-state index contributed by atoms with van der Waals surface area (Å²) < 4.78 is 14.4. The molecule has 0 radical (unpaired) electrons. The van der Waals surface area contributed by atoms with Crippen molar-refractivity contribution >= 4 is 40.9 Å². The first-order valence-electron chi connectivity index (χ1n) is 7.53. The zero-order valence-corrected chi connectivity index (χ0v) is 16.0. The quantitative estimate of drug-likeness (QED) is 0.478. The highest BCUT2D eigenvalue weighted by Gasteiger charge is 2.18. The maximum atomic E-state index is 14.4. The van der Waals surface area contributed by atoms with Gasteiger partial charge in [0, 0.05) is 16.3 Å². The van der Waals surface area contributed by atoms with Gasteiger partial charge in [-0.2, -0.15) is 0 Å². The van der Waals surface area contributed by atoms with E-state index in [1.165, 1.54) is 6.07 Å². The van der Waals surface area contributed by atoms with Gasteiger partial charge in [0.2, 0.25) is 0 Å². The normalized spacial score (nSPS) is 11.1. The number of aliphatic carboxylic acids is 1. The molecule has 0 aromatic heterocycles. The predicted octanol–water partition coefficient (Wildman–Crippen LogP) is 5.73. The van der Waals surface area contributed by atoms with E-state index in [0.29, 0.717) is 12.0 Å². The molecule has 0 aliphatic carbocycles. The molecule has 2 N–H and O–H groups in total. The van der Waals surface area contributed by atoms with Crippen LogP contribution in [0, 0.1) is 5.82 Å². The van der Waals surface area contributed by atoms with Crippen LogP contribution in [0.1, 0.15) is 36.5 Å². The minimum Gasteiger partial charge on any atom is -0.508 e. The lowest BCUT2D eigenvalue weighted by molar-refractivity contribution is -0.133. The Morgan fingerprint density at radius 2 is 1.96 bits per heavy atom. The Hall–Kier alpha value is -1.43. The molecular formula is C18H17Cl2FO3S. The largest absolute Gasteiger partial charge is 0.508 e. The average molecular weight is 403 g/mol. The van der Waals surface area contributed by atoms with Crippen molar-refractivity contribution in [3.63, 3.8) is 0 Å². The first-order chi connectivity index (χ1) is 11.7. The van der Waals surface area contributed by atoms with E-state index in [4.69, 9.17) is 28.3 Å². The van der Waals surface area contributed by atoms with Crippen LogP contribution in [0.4, 0.5) is 4.39 Å². The maximum absolute atomic E-state index is 14.4. The predicted molar refractivity (Wildman–Crippen MR) is 99.8 cm³/mol. The molecule has 0 saturated heterocycles. The molecule has 0 bridgehead atoms. The minimum atomic E-state index is -1.05. The molecule has 0 aliphatic rings. The molecular weight excluding hydrogens is 386 g/mol. The fourth-order valence-electron chi connectivity index (χ4n) is 2.40. The molecule has 0 fully saturated rings. The summed E-state index contributed by atoms with van der Waals surface area (Å²) in [6, 6.07) is 6.58. The molecule has 0 saturated carbocycles. The highest BCUT2D eigenvalue weighted by Crippen LogP contribution is 2.37. The maximum Gasteiger partial charge on any atom is 0.313 e. The van der Waals surface area contributed by atoms with Crippen molar-refractivity contribution in [3.05, 3.63) is 56.8 Å². The van der Waals surface area contributed by atoms with Gasteiger partial charge < -0.3 is 10.2 Å². The summed E-state index contributed by atoms with van der Waals surface area (Å²) in [4.78, 5) is 10.8. The SMILES string of the molecule is CC(C)c1cc(Cc2c(Cl)cc(SCC(=O)O)c(F)c2Cl)ccc1O. The summed E-state index contributed by atoms with van der Waals surface area (Å²) in [5.41, 5.74) is 2.07. The van der Waals surface area contributed by atoms with E-state index in [9.17, 15) is 14.3 Å². The Labute approximate surface area is 159 Å². The molecule has 0 unspecified atom stereocenters. The van der Waals surface area contributed by atoms with Crippen molar-refractivity contribution in [2.24, 2.45) is 0 Å². The van der Waals surface area contributed by atoms with E-state index < -0.39 is 11.8 Å². The number of thioether (sulfide) groups is 1. The molecule has 134 valence electrons. The number of hydrogen-bond acceptors (Lipinski definition) is 3. The van der Waals surface area contributed by atoms with Gasteiger partial charge in [-0.1, -0.05) is 49.2 Å². The first kappa shape index (κ1) is 19.9. The molecule has 2 aromatic carbocycles. The van der Waals surface area contributed by atoms with E-state index >= 15 is 0 Å². The van der Waals surface area contributed by atoms with Crippen LogP contribution in [0.2, 0.25) is 10.0 Å². The second-order valence-corrected chi connectivity index (χ2v) is 7.67. The fourth-order valence-corrected chi connectivity index (χ4v) is 3.82. The molecule has 7 heteroatoms. The number of rotatable bonds is 6. The zero-order valence-electron chi connectivity index (χ0n) is 13.6. The molecule has 3 nitrogen and oxygen atoms in total. The summed E-state index contributed by atoms with van der Waals surface area (Å²) in [7, 11) is 0. The molecule has 25 heavy (non-hydrogen) atoms. The van der Waals surface area contributed by atoms with Crippen molar-refractivity contribution in [1.29, 1.82) is 0 Å². The van der Waals surface area contributed by atoms with Crippen LogP contribution < -0.4 is 0 Å². The summed E-state index contributed by atoms with van der Waals surface area (Å²) in [6.45, 7) is 3.93. The standard InChI is InChI=1S/C18H17Cl2FO3S/c1-9(2)11-5-10(3-4-14(11)22)6-12-13(19)7-15(18(21)17(12)20)25-8-16(23)24/h3-5,7,9,22H,6,8H2,1-2H3,(H,23,24). The number of halogens is 3. The monoisotopic (exact) mass is 402 g/mol. The van der Waals surface area contributed by atoms with Crippen LogP contribution in [0.5, 0.6) is 5.75 Å². The number of carboxylic acids is 1. The van der Waals surface area contributed by atoms with Crippen molar-refractivity contribution in [2.75, 3.05) is 5.75 Å². The second-order valence-electron chi connectivity index (χ2n) is 5.87. The highest BCUT2D eigenvalue weighted by molar-refractivity contribution is 8.00. The van der Waals surface area contributed by atoms with Crippen molar-refractivity contribution in [2.45, 2.75) is 31.1 Å². The van der Waals surface area contributed by atoms with Gasteiger partial charge >= 0.3 is 5.97 Å². The molecule has 2 rings (SSSR count). The van der Waals surface area contributed by atoms with E-state index in [2.05, 4.69) is 0 Å². The summed E-state index contributed by atoms with van der Waals surface area (Å²) in [5, 5.41) is 18.8. The lowest BCUT2D eigenvalue weighted by Crippen LogP contribution is -2.00. The van der Waals surface area contributed by atoms with Gasteiger partial charge in [-0.3, -0.25) is 4.79 Å². The summed E-state index contributed by atoms with van der Waals surface area (Å²) in [5.74, 6) is -1.65. The highest BCUT2D eigenvalue weighted by atomic mass is 35.5. The summed E-state index contributed by atoms with van der Waals surface area (Å²) >= 11 is 13.2. The molecule has 0 heterocycles. The van der Waals surface area contributed by atoms with Crippen LogP contribution in [0.3, 0.4) is 0 Å². The first-order valence-corrected chi connectivity index (χ1v) is 9.27. The van der Waals surface area contributed by atoms with E-state index in [1.807, 2.05) is 19.9 Å². The van der Waals surface area contributed by atoms with Gasteiger partial charge in [0.05, 0.1) is 10.8 Å². The van der Waals surface area contributed by atoms with Crippen LogP contribution in [-0.4, -0.2) is 21.9 Å². The zero-order chi connectivity index (χ0) is 18.7. The minimum absolute atomic E-state index is 0.106. The molecule has 0 aliphatic heterocycles. The molecule has 0 atom stereocenters. The van der Waals surface area contributed by atoms with Crippen LogP contribution in [0.25, 0.3) is 0 Å². The fraction of sp³-hybridized carbons (Fsp3) is 0.278. The number of phenols is 1. The molecule has 0 amide bonds. The van der Waals surface area contributed by atoms with E-state index in [0.717, 1.165) is 22.9 Å². The van der Waals surface area contributed by atoms with Crippen molar-refractivity contribution in [3.8, 4) is 5.75 Å². The Morgan fingerprint density at radius 1 is 1.28 bits per heavy atom. The number of carboxylic acid groups (broad SMARTS) is 1. The third-order valence-electron chi connectivity index (χ3n) is 3.67. The number of benzene rings is 2. The van der Waals surface area contributed by atoms with Crippen molar-refractivity contribution < 1.29 is 19.4 Å². The Kier molecular flexibility index (Phi) is 6.60. The Balaban J connectivity index is 2.36. The Morgan fingerprint density at radius 3 is 2.56 bits per heavy atom. The van der Waals surface area contributed by atoms with Gasteiger partial charge in [0.15, 0.2) is 5.82 Å². The van der Waals surface area contributed by atoms with E-state index in [1.54, 1.807) is 12.1 Å². The number of carbonyl (C=O) groups is 1. The van der Waals surface area contributed by atoms with Crippen LogP contribution >= 0.6 is 35.0 Å². The molecule has 0 spiro atoms. The third-order valence-corrected chi connectivity index (χ3v) is 5.40. The average Bonchev–Trinajstić information content (AvgIpc) is 2.54. The lowest BCUT2D eigenvalue weighted by Gasteiger charge is -2.14. The lowest BCUT2D eigenvalue weighted by atomic mass is 9.96. The third kappa shape index (κ3) is 4.81. The van der Waals surface area contributed by atoms with Gasteiger partial charge in [-0.25, -0.2) is 4.39 Å².